The molecule has 0 aliphatic carbocycles. The summed E-state index contributed by atoms with van der Waals surface area (Å²) in [7, 11) is -3.28. The van der Waals surface area contributed by atoms with Crippen molar-refractivity contribution in [1.82, 2.24) is 9.03 Å². The zero-order valence-corrected chi connectivity index (χ0v) is 13.1. The monoisotopic (exact) mass is 342 g/mol. The topological polar surface area (TPSA) is 58.6 Å². The molecule has 1 aliphatic heterocycles. The molecule has 0 aromatic carbocycles. The Morgan fingerprint density at radius 2 is 1.78 bits per heavy atom. The van der Waals surface area contributed by atoms with Crippen molar-refractivity contribution < 1.29 is 13.2 Å². The predicted molar refractivity (Wildman–Crippen MR) is 76.2 cm³/mol. The molecule has 0 radical (unpaired) electrons. The standard InChI is InChI=1S/C11H23BrN2O3S/c12-6-11-17-10-5-7-13-18(15,16)14-8-3-1-2-4-9-14/h13H,1-11H2. The second-order valence-corrected chi connectivity index (χ2v) is 6.92. The van der Waals surface area contributed by atoms with E-state index in [1.165, 1.54) is 0 Å². The maximum atomic E-state index is 12.0. The molecule has 1 rings (SSSR count). The lowest BCUT2D eigenvalue weighted by atomic mass is 10.2. The largest absolute Gasteiger partial charge is 0.381 e. The molecule has 1 heterocycles. The lowest BCUT2D eigenvalue weighted by molar-refractivity contribution is 0.149. The van der Waals surface area contributed by atoms with Gasteiger partial charge in [0.15, 0.2) is 0 Å². The highest BCUT2D eigenvalue weighted by Crippen LogP contribution is 2.12. The highest BCUT2D eigenvalue weighted by atomic mass is 79.9. The molecule has 0 saturated carbocycles. The Morgan fingerprint density at radius 3 is 2.39 bits per heavy atom. The molecule has 5 nitrogen and oxygen atoms in total. The Bertz CT molecular complexity index is 303. The Labute approximate surface area is 119 Å². The van der Waals surface area contributed by atoms with Crippen LogP contribution in [0, 0.1) is 0 Å². The molecule has 1 fully saturated rings. The van der Waals surface area contributed by atoms with E-state index in [1.54, 1.807) is 4.31 Å². The Balaban J connectivity index is 2.21. The average Bonchev–Trinajstić information content (AvgIpc) is 2.63. The molecule has 18 heavy (non-hydrogen) atoms. The van der Waals surface area contributed by atoms with Crippen molar-refractivity contribution in [3.8, 4) is 0 Å². The molecule has 1 N–H and O–H groups in total. The van der Waals surface area contributed by atoms with Crippen molar-refractivity contribution in [1.29, 1.82) is 0 Å². The van der Waals surface area contributed by atoms with Crippen LogP contribution in [-0.4, -0.2) is 50.9 Å². The van der Waals surface area contributed by atoms with Crippen LogP contribution in [0.4, 0.5) is 0 Å². The van der Waals surface area contributed by atoms with Gasteiger partial charge in [0.2, 0.25) is 0 Å². The summed E-state index contributed by atoms with van der Waals surface area (Å²) >= 11 is 3.27. The molecule has 1 aliphatic rings. The van der Waals surface area contributed by atoms with Gasteiger partial charge in [0, 0.05) is 31.6 Å². The molecule has 0 bridgehead atoms. The summed E-state index contributed by atoms with van der Waals surface area (Å²) in [5.41, 5.74) is 0. The van der Waals surface area contributed by atoms with Gasteiger partial charge in [-0.3, -0.25) is 0 Å². The molecule has 0 unspecified atom stereocenters. The fraction of sp³-hybridized carbons (Fsp3) is 1.00. The molecule has 0 aromatic rings. The van der Waals surface area contributed by atoms with E-state index in [9.17, 15) is 8.42 Å². The number of rotatable bonds is 8. The van der Waals surface area contributed by atoms with E-state index < -0.39 is 10.2 Å². The highest BCUT2D eigenvalue weighted by molar-refractivity contribution is 9.09. The van der Waals surface area contributed by atoms with Crippen LogP contribution in [0.1, 0.15) is 32.1 Å². The van der Waals surface area contributed by atoms with Crippen molar-refractivity contribution in [2.24, 2.45) is 0 Å². The normalized spacial score (nSPS) is 18.7. The van der Waals surface area contributed by atoms with E-state index in [4.69, 9.17) is 4.74 Å². The van der Waals surface area contributed by atoms with Gasteiger partial charge in [-0.2, -0.15) is 12.7 Å². The van der Waals surface area contributed by atoms with Crippen LogP contribution in [0.15, 0.2) is 0 Å². The number of hydrogen-bond acceptors (Lipinski definition) is 3. The third-order valence-electron chi connectivity index (χ3n) is 2.88. The van der Waals surface area contributed by atoms with Crippen molar-refractivity contribution in [3.05, 3.63) is 0 Å². The Morgan fingerprint density at radius 1 is 1.11 bits per heavy atom. The van der Waals surface area contributed by atoms with Gasteiger partial charge in [-0.25, -0.2) is 4.72 Å². The van der Waals surface area contributed by atoms with Gasteiger partial charge in [-0.05, 0) is 19.3 Å². The van der Waals surface area contributed by atoms with E-state index in [0.717, 1.165) is 31.0 Å². The lowest BCUT2D eigenvalue weighted by Crippen LogP contribution is -2.41. The minimum Gasteiger partial charge on any atom is -0.381 e. The van der Waals surface area contributed by atoms with Crippen molar-refractivity contribution in [2.45, 2.75) is 32.1 Å². The summed E-state index contributed by atoms with van der Waals surface area (Å²) in [5.74, 6) is 0. The first kappa shape index (κ1) is 16.4. The first-order chi connectivity index (χ1) is 8.67. The van der Waals surface area contributed by atoms with Crippen LogP contribution < -0.4 is 4.72 Å². The first-order valence-electron chi connectivity index (χ1n) is 6.55. The lowest BCUT2D eigenvalue weighted by Gasteiger charge is -2.20. The van der Waals surface area contributed by atoms with Crippen LogP contribution in [0.5, 0.6) is 0 Å². The highest BCUT2D eigenvalue weighted by Gasteiger charge is 2.21. The fourth-order valence-electron chi connectivity index (χ4n) is 1.91. The van der Waals surface area contributed by atoms with Gasteiger partial charge >= 0.3 is 0 Å². The van der Waals surface area contributed by atoms with Gasteiger partial charge in [0.05, 0.1) is 6.61 Å². The second kappa shape index (κ2) is 9.25. The molecule has 0 aromatic heterocycles. The van der Waals surface area contributed by atoms with Crippen LogP contribution in [-0.2, 0) is 14.9 Å². The molecular formula is C11H23BrN2O3S. The number of ether oxygens (including phenoxy) is 1. The fourth-order valence-corrected chi connectivity index (χ4v) is 3.46. The zero-order chi connectivity index (χ0) is 13.3. The number of halogens is 1. The summed E-state index contributed by atoms with van der Waals surface area (Å²) in [4.78, 5) is 0. The van der Waals surface area contributed by atoms with Gasteiger partial charge in [0.25, 0.3) is 10.2 Å². The van der Waals surface area contributed by atoms with E-state index in [-0.39, 0.29) is 0 Å². The van der Waals surface area contributed by atoms with Crippen LogP contribution in [0.3, 0.4) is 0 Å². The zero-order valence-electron chi connectivity index (χ0n) is 10.7. The average molecular weight is 343 g/mol. The van der Waals surface area contributed by atoms with Crippen LogP contribution in [0.25, 0.3) is 0 Å². The molecule has 7 heteroatoms. The molecular weight excluding hydrogens is 320 g/mol. The minimum absolute atomic E-state index is 0.446. The maximum Gasteiger partial charge on any atom is 0.279 e. The summed E-state index contributed by atoms with van der Waals surface area (Å²) < 4.78 is 33.5. The smallest absolute Gasteiger partial charge is 0.279 e. The van der Waals surface area contributed by atoms with Crippen molar-refractivity contribution in [3.63, 3.8) is 0 Å². The van der Waals surface area contributed by atoms with Crippen LogP contribution in [0.2, 0.25) is 0 Å². The van der Waals surface area contributed by atoms with E-state index >= 15 is 0 Å². The summed E-state index contributed by atoms with van der Waals surface area (Å²) in [6.45, 7) is 3.00. The second-order valence-electron chi connectivity index (χ2n) is 4.37. The third-order valence-corrected chi connectivity index (χ3v) is 4.81. The van der Waals surface area contributed by atoms with Crippen molar-refractivity contribution >= 4 is 26.1 Å². The minimum atomic E-state index is -3.28. The van der Waals surface area contributed by atoms with Gasteiger partial charge in [-0.1, -0.05) is 28.8 Å². The Hall–Kier alpha value is 0.310. The predicted octanol–water partition coefficient (Wildman–Crippen LogP) is 1.50. The first-order valence-corrected chi connectivity index (χ1v) is 9.11. The Kier molecular flexibility index (Phi) is 8.41. The summed E-state index contributed by atoms with van der Waals surface area (Å²) in [5, 5.41) is 0.812. The van der Waals surface area contributed by atoms with Gasteiger partial charge in [0.1, 0.15) is 0 Å². The SMILES string of the molecule is O=S(=O)(NCCCOCCBr)N1CCCCCC1. The quantitative estimate of drug-likeness (QED) is 0.537. The number of nitrogens with zero attached hydrogens (tertiary/aromatic N) is 1. The number of hydrogen-bond donors (Lipinski definition) is 1. The van der Waals surface area contributed by atoms with Crippen LogP contribution >= 0.6 is 15.9 Å². The molecule has 0 atom stereocenters. The molecule has 0 amide bonds. The molecule has 0 spiro atoms. The van der Waals surface area contributed by atoms with E-state index in [1.807, 2.05) is 0 Å². The summed E-state index contributed by atoms with van der Waals surface area (Å²) in [6.07, 6.45) is 4.91. The van der Waals surface area contributed by atoms with Gasteiger partial charge in [-0.15, -0.1) is 0 Å². The van der Waals surface area contributed by atoms with E-state index in [0.29, 0.717) is 39.3 Å². The van der Waals surface area contributed by atoms with E-state index in [2.05, 4.69) is 20.7 Å². The van der Waals surface area contributed by atoms with Crippen molar-refractivity contribution in [2.75, 3.05) is 38.2 Å². The molecule has 1 saturated heterocycles. The molecule has 108 valence electrons. The summed E-state index contributed by atoms with van der Waals surface area (Å²) in [6, 6.07) is 0. The van der Waals surface area contributed by atoms with Gasteiger partial charge < -0.3 is 4.74 Å². The number of nitrogens with one attached hydrogen (secondary N) is 1. The number of alkyl halides is 1. The third kappa shape index (κ3) is 6.47. The maximum absolute atomic E-state index is 12.0.